The molecule has 4 heteroatoms. The Morgan fingerprint density at radius 1 is 1.36 bits per heavy atom. The topological polar surface area (TPSA) is 44.8 Å². The van der Waals surface area contributed by atoms with Crippen LogP contribution in [0.3, 0.4) is 0 Å². The molecule has 0 fully saturated rings. The molecular weight excluding hydrogens is 316 g/mol. The minimum absolute atomic E-state index is 0.0552. The number of fused-ring (bicyclic) bond motifs is 1. The summed E-state index contributed by atoms with van der Waals surface area (Å²) in [5.74, 6) is 1.41. The highest BCUT2D eigenvalue weighted by Crippen LogP contribution is 2.39. The van der Waals surface area contributed by atoms with Crippen LogP contribution < -0.4 is 9.47 Å². The molecule has 0 amide bonds. The number of benzene rings is 1. The minimum Gasteiger partial charge on any atom is -0.497 e. The molecule has 0 bridgehead atoms. The van der Waals surface area contributed by atoms with Crippen molar-refractivity contribution in [2.24, 2.45) is 5.41 Å². The number of allylic oxidation sites excluding steroid dienone is 2. The summed E-state index contributed by atoms with van der Waals surface area (Å²) in [5.41, 5.74) is 3.23. The second kappa shape index (κ2) is 8.24. The van der Waals surface area contributed by atoms with Gasteiger partial charge in [-0.1, -0.05) is 25.5 Å². The van der Waals surface area contributed by atoms with Crippen LogP contribution in [0, 0.1) is 5.41 Å². The first kappa shape index (κ1) is 19.1. The summed E-state index contributed by atoms with van der Waals surface area (Å²) < 4.78 is 16.3. The zero-order chi connectivity index (χ0) is 18.4. The molecule has 25 heavy (non-hydrogen) atoms. The van der Waals surface area contributed by atoms with Crippen LogP contribution in [-0.4, -0.2) is 26.3 Å². The summed E-state index contributed by atoms with van der Waals surface area (Å²) in [6, 6.07) is 5.90. The molecule has 0 N–H and O–H groups in total. The zero-order valence-electron chi connectivity index (χ0n) is 15.8. The highest BCUT2D eigenvalue weighted by atomic mass is 16.5. The van der Waals surface area contributed by atoms with Crippen molar-refractivity contribution in [1.82, 2.24) is 0 Å². The van der Waals surface area contributed by atoms with E-state index < -0.39 is 0 Å². The van der Waals surface area contributed by atoms with Crippen molar-refractivity contribution in [1.29, 1.82) is 0 Å². The quantitative estimate of drug-likeness (QED) is 0.550. The maximum Gasteiger partial charge on any atom is 0.330 e. The lowest BCUT2D eigenvalue weighted by Gasteiger charge is -2.18. The van der Waals surface area contributed by atoms with E-state index in [1.54, 1.807) is 13.2 Å². The third-order valence-electron chi connectivity index (χ3n) is 4.14. The van der Waals surface area contributed by atoms with E-state index in [0.29, 0.717) is 13.2 Å². The zero-order valence-corrected chi connectivity index (χ0v) is 15.8. The smallest absolute Gasteiger partial charge is 0.330 e. The van der Waals surface area contributed by atoms with Gasteiger partial charge in [-0.25, -0.2) is 4.79 Å². The number of hydrogen-bond donors (Lipinski definition) is 0. The molecule has 0 unspecified atom stereocenters. The van der Waals surface area contributed by atoms with E-state index in [1.165, 1.54) is 5.57 Å². The molecule has 1 aliphatic rings. The Bertz CT molecular complexity index is 683. The van der Waals surface area contributed by atoms with Gasteiger partial charge in [-0.3, -0.25) is 0 Å². The van der Waals surface area contributed by atoms with Gasteiger partial charge in [-0.15, -0.1) is 0 Å². The number of carbonyl (C=O) groups excluding carboxylic acids is 1. The number of methoxy groups -OCH3 is 1. The molecule has 136 valence electrons. The maximum atomic E-state index is 11.6. The van der Waals surface area contributed by atoms with Crippen molar-refractivity contribution in [3.63, 3.8) is 0 Å². The van der Waals surface area contributed by atoms with E-state index in [4.69, 9.17) is 14.2 Å². The van der Waals surface area contributed by atoms with Gasteiger partial charge in [-0.05, 0) is 50.5 Å². The Morgan fingerprint density at radius 3 is 2.80 bits per heavy atom. The number of esters is 1. The number of hydrogen-bond acceptors (Lipinski definition) is 4. The highest BCUT2D eigenvalue weighted by Gasteiger charge is 2.24. The summed E-state index contributed by atoms with van der Waals surface area (Å²) in [6.45, 7) is 9.13. The van der Waals surface area contributed by atoms with Crippen LogP contribution in [0.25, 0.3) is 5.57 Å². The van der Waals surface area contributed by atoms with Gasteiger partial charge in [0.1, 0.15) is 11.5 Å². The van der Waals surface area contributed by atoms with E-state index >= 15 is 0 Å². The molecule has 0 radical (unpaired) electrons. The van der Waals surface area contributed by atoms with Crippen LogP contribution in [0.5, 0.6) is 11.5 Å². The molecule has 0 atom stereocenters. The van der Waals surface area contributed by atoms with Gasteiger partial charge in [0, 0.05) is 17.1 Å². The first-order valence-corrected chi connectivity index (χ1v) is 8.71. The number of rotatable bonds is 6. The van der Waals surface area contributed by atoms with E-state index in [-0.39, 0.29) is 11.4 Å². The molecule has 1 aromatic carbocycles. The van der Waals surface area contributed by atoms with Crippen LogP contribution in [0.15, 0.2) is 35.9 Å². The molecule has 1 aliphatic heterocycles. The molecule has 0 aromatic heterocycles. The standard InChI is InChI=1S/C21H28O4/c1-6-24-20(22)11-15(2)7-8-16-13-21(3,4)14-25-19-10-9-17(23-5)12-18(16)19/h9-13H,6-8,14H2,1-5H3/b15-11+. The van der Waals surface area contributed by atoms with Gasteiger partial charge in [0.2, 0.25) is 0 Å². The monoisotopic (exact) mass is 344 g/mol. The van der Waals surface area contributed by atoms with E-state index in [9.17, 15) is 4.79 Å². The summed E-state index contributed by atoms with van der Waals surface area (Å²) in [4.78, 5) is 11.6. The molecule has 0 saturated carbocycles. The maximum absolute atomic E-state index is 11.6. The Balaban J connectivity index is 2.25. The Labute approximate surface area is 150 Å². The van der Waals surface area contributed by atoms with Gasteiger partial charge in [0.05, 0.1) is 20.3 Å². The van der Waals surface area contributed by atoms with Gasteiger partial charge in [0.25, 0.3) is 0 Å². The molecule has 0 spiro atoms. The van der Waals surface area contributed by atoms with Gasteiger partial charge >= 0.3 is 5.97 Å². The third-order valence-corrected chi connectivity index (χ3v) is 4.14. The molecule has 4 nitrogen and oxygen atoms in total. The average Bonchev–Trinajstić information content (AvgIpc) is 2.69. The lowest BCUT2D eigenvalue weighted by molar-refractivity contribution is -0.137. The summed E-state index contributed by atoms with van der Waals surface area (Å²) in [7, 11) is 1.67. The number of carbonyl (C=O) groups is 1. The Morgan fingerprint density at radius 2 is 2.12 bits per heavy atom. The molecule has 0 saturated heterocycles. The van der Waals surface area contributed by atoms with Crippen LogP contribution in [0.4, 0.5) is 0 Å². The molecule has 1 heterocycles. The summed E-state index contributed by atoms with van der Waals surface area (Å²) >= 11 is 0. The van der Waals surface area contributed by atoms with Crippen molar-refractivity contribution in [3.05, 3.63) is 41.5 Å². The predicted octanol–water partition coefficient (Wildman–Crippen LogP) is 4.79. The van der Waals surface area contributed by atoms with E-state index in [0.717, 1.165) is 35.5 Å². The van der Waals surface area contributed by atoms with Crippen LogP contribution >= 0.6 is 0 Å². The molecular formula is C21H28O4. The predicted molar refractivity (Wildman–Crippen MR) is 99.9 cm³/mol. The second-order valence-corrected chi connectivity index (χ2v) is 7.05. The van der Waals surface area contributed by atoms with Crippen molar-refractivity contribution in [2.45, 2.75) is 40.5 Å². The first-order chi connectivity index (χ1) is 11.8. The first-order valence-electron chi connectivity index (χ1n) is 8.71. The highest BCUT2D eigenvalue weighted by molar-refractivity contribution is 5.82. The normalized spacial score (nSPS) is 16.2. The second-order valence-electron chi connectivity index (χ2n) is 7.05. The average molecular weight is 344 g/mol. The van der Waals surface area contributed by atoms with Crippen molar-refractivity contribution < 1.29 is 19.0 Å². The van der Waals surface area contributed by atoms with Gasteiger partial charge < -0.3 is 14.2 Å². The van der Waals surface area contributed by atoms with Crippen molar-refractivity contribution in [2.75, 3.05) is 20.3 Å². The van der Waals surface area contributed by atoms with E-state index in [2.05, 4.69) is 19.9 Å². The largest absolute Gasteiger partial charge is 0.497 e. The summed E-state index contributed by atoms with van der Waals surface area (Å²) in [6.07, 6.45) is 5.47. The number of ether oxygens (including phenoxy) is 3. The van der Waals surface area contributed by atoms with Gasteiger partial charge in [0.15, 0.2) is 0 Å². The summed E-state index contributed by atoms with van der Waals surface area (Å²) in [5, 5.41) is 0. The fraction of sp³-hybridized carbons (Fsp3) is 0.476. The van der Waals surface area contributed by atoms with Crippen LogP contribution in [0.1, 0.15) is 46.1 Å². The van der Waals surface area contributed by atoms with Crippen molar-refractivity contribution in [3.8, 4) is 11.5 Å². The fourth-order valence-electron chi connectivity index (χ4n) is 2.86. The van der Waals surface area contributed by atoms with Gasteiger partial charge in [-0.2, -0.15) is 0 Å². The molecule has 1 aromatic rings. The SMILES string of the molecule is CCOC(=O)/C=C(\C)CCC1=CC(C)(C)COc2ccc(OC)cc21. The Hall–Kier alpha value is -2.23. The van der Waals surface area contributed by atoms with Crippen LogP contribution in [-0.2, 0) is 9.53 Å². The van der Waals surface area contributed by atoms with Crippen LogP contribution in [0.2, 0.25) is 0 Å². The lowest BCUT2D eigenvalue weighted by atomic mass is 9.88. The third kappa shape index (κ3) is 5.38. The van der Waals surface area contributed by atoms with Crippen molar-refractivity contribution >= 4 is 11.5 Å². The van der Waals surface area contributed by atoms with E-state index in [1.807, 2.05) is 32.0 Å². The molecule has 0 aliphatic carbocycles. The molecule has 2 rings (SSSR count). The fourth-order valence-corrected chi connectivity index (χ4v) is 2.86. The Kier molecular flexibility index (Phi) is 6.29. The minimum atomic E-state index is -0.277. The lowest BCUT2D eigenvalue weighted by Crippen LogP contribution is -2.17.